The maximum absolute atomic E-state index is 3.46. The van der Waals surface area contributed by atoms with Crippen LogP contribution in [0.3, 0.4) is 0 Å². The summed E-state index contributed by atoms with van der Waals surface area (Å²) in [5, 5.41) is 3.30. The minimum absolute atomic E-state index is 0.713. The molecule has 0 fully saturated rings. The molecule has 1 N–H and O–H groups in total. The number of benzene rings is 1. The molecule has 0 radical (unpaired) electrons. The molecular formula is C12H14BrN. The zero-order valence-corrected chi connectivity index (χ0v) is 10.1. The van der Waals surface area contributed by atoms with Crippen molar-refractivity contribution in [1.29, 1.82) is 0 Å². The molecule has 0 saturated carbocycles. The number of hydrogen-bond donors (Lipinski definition) is 1. The summed E-state index contributed by atoms with van der Waals surface area (Å²) in [6, 6.07) is 6.27. The van der Waals surface area contributed by atoms with Crippen LogP contribution in [-0.4, -0.2) is 6.54 Å². The van der Waals surface area contributed by atoms with E-state index in [4.69, 9.17) is 0 Å². The highest BCUT2D eigenvalue weighted by Crippen LogP contribution is 2.21. The van der Waals surface area contributed by atoms with Crippen LogP contribution in [0.2, 0.25) is 0 Å². The van der Waals surface area contributed by atoms with Crippen molar-refractivity contribution < 1.29 is 0 Å². The van der Waals surface area contributed by atoms with Gasteiger partial charge in [-0.25, -0.2) is 0 Å². The average molecular weight is 252 g/mol. The molecule has 0 heterocycles. The fourth-order valence-electron chi connectivity index (χ4n) is 1.26. The first-order valence-corrected chi connectivity index (χ1v) is 5.49. The summed E-state index contributed by atoms with van der Waals surface area (Å²) >= 11 is 3.46. The number of rotatable bonds is 3. The highest BCUT2D eigenvalue weighted by molar-refractivity contribution is 9.10. The number of hydrogen-bond acceptors (Lipinski definition) is 1. The van der Waals surface area contributed by atoms with Gasteiger partial charge in [0, 0.05) is 10.2 Å². The Morgan fingerprint density at radius 2 is 2.21 bits per heavy atom. The van der Waals surface area contributed by atoms with Crippen LogP contribution in [0.25, 0.3) is 0 Å². The van der Waals surface area contributed by atoms with Crippen molar-refractivity contribution in [3.63, 3.8) is 0 Å². The van der Waals surface area contributed by atoms with Gasteiger partial charge in [0.05, 0.1) is 6.54 Å². The Bertz CT molecular complexity index is 360. The van der Waals surface area contributed by atoms with Crippen LogP contribution in [0.4, 0.5) is 5.69 Å². The topological polar surface area (TPSA) is 12.0 Å². The Kier molecular flexibility index (Phi) is 4.55. The van der Waals surface area contributed by atoms with E-state index in [-0.39, 0.29) is 0 Å². The van der Waals surface area contributed by atoms with E-state index in [1.54, 1.807) is 0 Å². The lowest BCUT2D eigenvalue weighted by Crippen LogP contribution is -2.01. The van der Waals surface area contributed by atoms with E-state index in [0.717, 1.165) is 10.9 Å². The van der Waals surface area contributed by atoms with Crippen LogP contribution in [-0.2, 0) is 6.42 Å². The highest BCUT2D eigenvalue weighted by atomic mass is 79.9. The third-order valence-electron chi connectivity index (χ3n) is 1.99. The van der Waals surface area contributed by atoms with E-state index in [9.17, 15) is 0 Å². The SMILES string of the molecule is CC#CCNc1ccc(Br)cc1CC. The third-order valence-corrected chi connectivity index (χ3v) is 2.49. The lowest BCUT2D eigenvalue weighted by atomic mass is 10.1. The third kappa shape index (κ3) is 3.08. The molecule has 1 nitrogen and oxygen atoms in total. The van der Waals surface area contributed by atoms with Crippen molar-refractivity contribution in [1.82, 2.24) is 0 Å². The molecule has 0 aliphatic heterocycles. The van der Waals surface area contributed by atoms with Gasteiger partial charge in [-0.2, -0.15) is 0 Å². The van der Waals surface area contributed by atoms with Gasteiger partial charge in [0.25, 0.3) is 0 Å². The van der Waals surface area contributed by atoms with Crippen LogP contribution < -0.4 is 5.32 Å². The van der Waals surface area contributed by atoms with Crippen molar-refractivity contribution >= 4 is 21.6 Å². The first kappa shape index (κ1) is 11.1. The standard InChI is InChI=1S/C12H14BrN/c1-3-5-8-14-12-7-6-11(13)9-10(12)4-2/h6-7,9,14H,4,8H2,1-2H3. The molecule has 0 saturated heterocycles. The predicted octanol–water partition coefficient (Wildman–Crippen LogP) is 3.45. The van der Waals surface area contributed by atoms with Gasteiger partial charge in [-0.3, -0.25) is 0 Å². The van der Waals surface area contributed by atoms with Gasteiger partial charge < -0.3 is 5.32 Å². The molecular weight excluding hydrogens is 238 g/mol. The van der Waals surface area contributed by atoms with Crippen molar-refractivity contribution in [2.24, 2.45) is 0 Å². The number of aryl methyl sites for hydroxylation is 1. The van der Waals surface area contributed by atoms with Crippen molar-refractivity contribution in [2.45, 2.75) is 20.3 Å². The van der Waals surface area contributed by atoms with Gasteiger partial charge >= 0.3 is 0 Å². The van der Waals surface area contributed by atoms with Gasteiger partial charge in [-0.1, -0.05) is 28.8 Å². The average Bonchev–Trinajstić information content (AvgIpc) is 2.20. The summed E-state index contributed by atoms with van der Waals surface area (Å²) in [4.78, 5) is 0. The lowest BCUT2D eigenvalue weighted by Gasteiger charge is -2.08. The highest BCUT2D eigenvalue weighted by Gasteiger charge is 1.99. The molecule has 0 atom stereocenters. The Labute approximate surface area is 94.0 Å². The zero-order chi connectivity index (χ0) is 10.4. The number of nitrogens with one attached hydrogen (secondary N) is 1. The van der Waals surface area contributed by atoms with Crippen LogP contribution in [0, 0.1) is 11.8 Å². The Morgan fingerprint density at radius 3 is 2.86 bits per heavy atom. The summed E-state index contributed by atoms with van der Waals surface area (Å²) < 4.78 is 1.13. The van der Waals surface area contributed by atoms with Crippen molar-refractivity contribution in [3.8, 4) is 11.8 Å². The summed E-state index contributed by atoms with van der Waals surface area (Å²) in [6.45, 7) is 4.72. The van der Waals surface area contributed by atoms with E-state index in [2.05, 4.69) is 52.1 Å². The largest absolute Gasteiger partial charge is 0.374 e. The molecule has 0 amide bonds. The van der Waals surface area contributed by atoms with E-state index < -0.39 is 0 Å². The fourth-order valence-corrected chi connectivity index (χ4v) is 1.66. The smallest absolute Gasteiger partial charge is 0.0765 e. The maximum atomic E-state index is 3.46. The van der Waals surface area contributed by atoms with Gasteiger partial charge in [-0.15, -0.1) is 5.92 Å². The molecule has 1 aromatic carbocycles. The normalized spacial score (nSPS) is 9.07. The van der Waals surface area contributed by atoms with Crippen LogP contribution in [0.1, 0.15) is 19.4 Å². The molecule has 0 unspecified atom stereocenters. The molecule has 1 rings (SSSR count). The number of anilines is 1. The first-order chi connectivity index (χ1) is 6.77. The maximum Gasteiger partial charge on any atom is 0.0765 e. The van der Waals surface area contributed by atoms with Crippen LogP contribution in [0.15, 0.2) is 22.7 Å². The molecule has 0 aromatic heterocycles. The molecule has 0 aliphatic carbocycles. The second-order valence-corrected chi connectivity index (χ2v) is 3.85. The molecule has 0 bridgehead atoms. The Balaban J connectivity index is 2.78. The lowest BCUT2D eigenvalue weighted by molar-refractivity contribution is 1.13. The predicted molar refractivity (Wildman–Crippen MR) is 65.5 cm³/mol. The van der Waals surface area contributed by atoms with E-state index in [1.807, 2.05) is 13.0 Å². The van der Waals surface area contributed by atoms with Crippen molar-refractivity contribution in [2.75, 3.05) is 11.9 Å². The van der Waals surface area contributed by atoms with Gasteiger partial charge in [-0.05, 0) is 37.1 Å². The van der Waals surface area contributed by atoms with Gasteiger partial charge in [0.2, 0.25) is 0 Å². The second-order valence-electron chi connectivity index (χ2n) is 2.94. The molecule has 2 heteroatoms. The van der Waals surface area contributed by atoms with Crippen LogP contribution >= 0.6 is 15.9 Å². The fraction of sp³-hybridized carbons (Fsp3) is 0.333. The zero-order valence-electron chi connectivity index (χ0n) is 8.52. The second kappa shape index (κ2) is 5.72. The van der Waals surface area contributed by atoms with Crippen molar-refractivity contribution in [3.05, 3.63) is 28.2 Å². The summed E-state index contributed by atoms with van der Waals surface area (Å²) in [5.41, 5.74) is 2.50. The summed E-state index contributed by atoms with van der Waals surface area (Å²) in [5.74, 6) is 5.85. The van der Waals surface area contributed by atoms with E-state index in [1.165, 1.54) is 11.3 Å². The van der Waals surface area contributed by atoms with Crippen LogP contribution in [0.5, 0.6) is 0 Å². The Hall–Kier alpha value is -0.940. The summed E-state index contributed by atoms with van der Waals surface area (Å²) in [7, 11) is 0. The number of halogens is 1. The van der Waals surface area contributed by atoms with Gasteiger partial charge in [0.1, 0.15) is 0 Å². The summed E-state index contributed by atoms with van der Waals surface area (Å²) in [6.07, 6.45) is 1.03. The van der Waals surface area contributed by atoms with E-state index >= 15 is 0 Å². The quantitative estimate of drug-likeness (QED) is 0.812. The molecule has 0 spiro atoms. The minimum atomic E-state index is 0.713. The molecule has 1 aromatic rings. The molecule has 74 valence electrons. The minimum Gasteiger partial charge on any atom is -0.374 e. The van der Waals surface area contributed by atoms with Gasteiger partial charge in [0.15, 0.2) is 0 Å². The Morgan fingerprint density at radius 1 is 1.43 bits per heavy atom. The first-order valence-electron chi connectivity index (χ1n) is 4.69. The molecule has 0 aliphatic rings. The molecule has 14 heavy (non-hydrogen) atoms. The van der Waals surface area contributed by atoms with E-state index in [0.29, 0.717) is 6.54 Å². The monoisotopic (exact) mass is 251 g/mol.